The number of carboxylic acids is 1. The first-order valence-corrected chi connectivity index (χ1v) is 6.72. The molecule has 1 unspecified atom stereocenters. The monoisotopic (exact) mass is 386 g/mol. The lowest BCUT2D eigenvalue weighted by atomic mass is 9.96. The molecule has 0 radical (unpaired) electrons. The third kappa shape index (κ3) is 1.70. The van der Waals surface area contributed by atoms with Crippen molar-refractivity contribution in [2.45, 2.75) is 16.2 Å². The molecule has 2 nitrogen and oxygen atoms in total. The molecule has 6 heteroatoms. The second-order valence-electron chi connectivity index (χ2n) is 3.72. The molecule has 0 aliphatic heterocycles. The molecule has 1 saturated carbocycles. The maximum absolute atomic E-state index is 11.3. The number of aliphatic carboxylic acids is 1. The molecule has 1 aromatic carbocycles. The highest BCUT2D eigenvalue weighted by Gasteiger charge is 2.72. The van der Waals surface area contributed by atoms with E-state index in [2.05, 4.69) is 31.9 Å². The Kier molecular flexibility index (Phi) is 3.07. The summed E-state index contributed by atoms with van der Waals surface area (Å²) in [5, 5.41) is 9.26. The molecule has 1 fully saturated rings. The summed E-state index contributed by atoms with van der Waals surface area (Å²) < 4.78 is 0.417. The smallest absolute Gasteiger partial charge is 0.317 e. The zero-order valence-corrected chi connectivity index (χ0v) is 12.5. The number of rotatable bonds is 2. The highest BCUT2D eigenvalue weighted by Crippen LogP contribution is 2.65. The fourth-order valence-corrected chi connectivity index (χ4v) is 3.13. The highest BCUT2D eigenvalue weighted by molar-refractivity contribution is 9.13. The summed E-state index contributed by atoms with van der Waals surface area (Å²) in [6, 6.07) is 5.21. The van der Waals surface area contributed by atoms with Crippen LogP contribution in [0.1, 0.15) is 12.0 Å². The van der Waals surface area contributed by atoms with Crippen molar-refractivity contribution < 1.29 is 9.90 Å². The number of hydrogen-bond acceptors (Lipinski definition) is 1. The summed E-state index contributed by atoms with van der Waals surface area (Å²) in [6.07, 6.45) is 0.229. The van der Waals surface area contributed by atoms with E-state index in [-0.39, 0.29) is 6.42 Å². The lowest BCUT2D eigenvalue weighted by Gasteiger charge is -2.14. The Bertz CT molecular complexity index is 476. The molecule has 1 atom stereocenters. The Morgan fingerprint density at radius 3 is 2.25 bits per heavy atom. The van der Waals surface area contributed by atoms with Crippen molar-refractivity contribution in [1.29, 1.82) is 0 Å². The van der Waals surface area contributed by atoms with Crippen LogP contribution in [0, 0.1) is 0 Å². The van der Waals surface area contributed by atoms with Gasteiger partial charge in [-0.25, -0.2) is 0 Å². The van der Waals surface area contributed by atoms with Crippen LogP contribution in [0.3, 0.4) is 0 Å². The molecule has 0 aromatic heterocycles. The SMILES string of the molecule is O=C(O)C1(c2ccc(Br)c(Br)c2)CC1(Cl)Cl. The van der Waals surface area contributed by atoms with Gasteiger partial charge < -0.3 is 5.11 Å². The Balaban J connectivity index is 2.51. The first kappa shape index (κ1) is 12.7. The summed E-state index contributed by atoms with van der Waals surface area (Å²) in [5.74, 6) is -0.994. The molecule has 0 bridgehead atoms. The number of carbonyl (C=O) groups is 1. The summed E-state index contributed by atoms with van der Waals surface area (Å²) in [4.78, 5) is 11.3. The van der Waals surface area contributed by atoms with Crippen molar-refractivity contribution in [3.8, 4) is 0 Å². The predicted molar refractivity (Wildman–Crippen MR) is 70.2 cm³/mol. The fraction of sp³-hybridized carbons (Fsp3) is 0.300. The standard InChI is InChI=1S/C10H6Br2Cl2O2/c11-6-2-1-5(3-7(6)12)9(8(15)16)4-10(9,13)14/h1-3H,4H2,(H,15,16). The number of carboxylic acid groups (broad SMARTS) is 1. The topological polar surface area (TPSA) is 37.3 Å². The molecule has 16 heavy (non-hydrogen) atoms. The third-order valence-electron chi connectivity index (χ3n) is 2.76. The van der Waals surface area contributed by atoms with Crippen molar-refractivity contribution in [2.24, 2.45) is 0 Å². The van der Waals surface area contributed by atoms with Gasteiger partial charge >= 0.3 is 5.97 Å². The van der Waals surface area contributed by atoms with Gasteiger partial charge in [-0.1, -0.05) is 29.3 Å². The molecule has 1 aliphatic rings. The van der Waals surface area contributed by atoms with Crippen LogP contribution >= 0.6 is 55.1 Å². The molecule has 0 saturated heterocycles. The van der Waals surface area contributed by atoms with Gasteiger partial charge in [0, 0.05) is 15.4 Å². The number of benzene rings is 1. The molecule has 0 spiro atoms. The van der Waals surface area contributed by atoms with Crippen molar-refractivity contribution in [3.05, 3.63) is 32.7 Å². The number of alkyl halides is 2. The van der Waals surface area contributed by atoms with Crippen LogP contribution in [0.15, 0.2) is 27.1 Å². The Morgan fingerprint density at radius 2 is 1.88 bits per heavy atom. The quantitative estimate of drug-likeness (QED) is 0.774. The van der Waals surface area contributed by atoms with E-state index in [1.165, 1.54) is 0 Å². The van der Waals surface area contributed by atoms with Crippen LogP contribution in [-0.2, 0) is 10.2 Å². The van der Waals surface area contributed by atoms with Gasteiger partial charge in [0.25, 0.3) is 0 Å². The minimum Gasteiger partial charge on any atom is -0.480 e. The van der Waals surface area contributed by atoms with Crippen LogP contribution in [-0.4, -0.2) is 15.4 Å². The van der Waals surface area contributed by atoms with E-state index < -0.39 is 15.7 Å². The minimum atomic E-state index is -1.22. The summed E-state index contributed by atoms with van der Waals surface area (Å²) in [7, 11) is 0. The first-order valence-electron chi connectivity index (χ1n) is 4.38. The molecule has 0 amide bonds. The lowest BCUT2D eigenvalue weighted by Crippen LogP contribution is -2.26. The van der Waals surface area contributed by atoms with Crippen LogP contribution in [0.5, 0.6) is 0 Å². The summed E-state index contributed by atoms with van der Waals surface area (Å²) >= 11 is 18.5. The average Bonchev–Trinajstić information content (AvgIpc) is 2.75. The van der Waals surface area contributed by atoms with Crippen LogP contribution in [0.2, 0.25) is 0 Å². The largest absolute Gasteiger partial charge is 0.480 e. The van der Waals surface area contributed by atoms with E-state index >= 15 is 0 Å². The molecule has 86 valence electrons. The maximum Gasteiger partial charge on any atom is 0.317 e. The number of hydrogen-bond donors (Lipinski definition) is 1. The van der Waals surface area contributed by atoms with E-state index in [0.29, 0.717) is 5.56 Å². The van der Waals surface area contributed by atoms with E-state index in [4.69, 9.17) is 23.2 Å². The minimum absolute atomic E-state index is 0.229. The van der Waals surface area contributed by atoms with Crippen LogP contribution < -0.4 is 0 Å². The van der Waals surface area contributed by atoms with Gasteiger partial charge in [0.2, 0.25) is 0 Å². The molecule has 1 aromatic rings. The van der Waals surface area contributed by atoms with E-state index in [1.807, 2.05) is 0 Å². The van der Waals surface area contributed by atoms with Gasteiger partial charge in [0.1, 0.15) is 9.75 Å². The summed E-state index contributed by atoms with van der Waals surface area (Å²) in [6.45, 7) is 0. The molecular weight excluding hydrogens is 383 g/mol. The Hall–Kier alpha value is 0.230. The zero-order chi connectivity index (χ0) is 12.1. The zero-order valence-electron chi connectivity index (χ0n) is 7.81. The highest BCUT2D eigenvalue weighted by atomic mass is 79.9. The van der Waals surface area contributed by atoms with E-state index in [1.54, 1.807) is 18.2 Å². The van der Waals surface area contributed by atoms with Gasteiger partial charge in [-0.3, -0.25) is 4.79 Å². The van der Waals surface area contributed by atoms with Crippen molar-refractivity contribution in [1.82, 2.24) is 0 Å². The maximum atomic E-state index is 11.3. The fourth-order valence-electron chi connectivity index (χ4n) is 1.72. The van der Waals surface area contributed by atoms with Crippen LogP contribution in [0.4, 0.5) is 0 Å². The number of halogens is 4. The molecule has 2 rings (SSSR count). The normalized spacial score (nSPS) is 26.5. The van der Waals surface area contributed by atoms with E-state index in [0.717, 1.165) is 8.95 Å². The summed E-state index contributed by atoms with van der Waals surface area (Å²) in [5.41, 5.74) is -0.570. The van der Waals surface area contributed by atoms with Gasteiger partial charge in [0.05, 0.1) is 0 Å². The van der Waals surface area contributed by atoms with Crippen molar-refractivity contribution >= 4 is 61.0 Å². The van der Waals surface area contributed by atoms with Gasteiger partial charge in [0.15, 0.2) is 0 Å². The predicted octanol–water partition coefficient (Wildman–Crippen LogP) is 4.11. The van der Waals surface area contributed by atoms with Crippen LogP contribution in [0.25, 0.3) is 0 Å². The Morgan fingerprint density at radius 1 is 1.31 bits per heavy atom. The molecule has 1 N–H and O–H groups in total. The average molecular weight is 389 g/mol. The lowest BCUT2D eigenvalue weighted by molar-refractivity contribution is -0.140. The Labute approximate surface area is 119 Å². The van der Waals surface area contributed by atoms with Crippen molar-refractivity contribution in [3.63, 3.8) is 0 Å². The van der Waals surface area contributed by atoms with Gasteiger partial charge in [-0.05, 0) is 49.6 Å². The van der Waals surface area contributed by atoms with Gasteiger partial charge in [-0.2, -0.15) is 0 Å². The molecular formula is C10H6Br2Cl2O2. The second kappa shape index (κ2) is 3.87. The first-order chi connectivity index (χ1) is 7.31. The third-order valence-corrected chi connectivity index (χ3v) is 5.56. The van der Waals surface area contributed by atoms with Gasteiger partial charge in [-0.15, -0.1) is 0 Å². The van der Waals surface area contributed by atoms with Crippen molar-refractivity contribution in [2.75, 3.05) is 0 Å². The second-order valence-corrected chi connectivity index (χ2v) is 6.91. The molecule has 0 heterocycles. The van der Waals surface area contributed by atoms with E-state index in [9.17, 15) is 9.90 Å². The molecule has 1 aliphatic carbocycles.